The number of carbonyl (C=O) groups excluding carboxylic acids is 2. The van der Waals surface area contributed by atoms with Gasteiger partial charge in [-0.3, -0.25) is 4.79 Å². The number of aryl methyl sites for hydroxylation is 1. The number of nitrogens with zero attached hydrogens (tertiary/aromatic N) is 4. The van der Waals surface area contributed by atoms with E-state index in [9.17, 15) is 18.0 Å². The molecular weight excluding hydrogens is 428 g/mol. The highest BCUT2D eigenvalue weighted by Gasteiger charge is 2.36. The molecule has 0 unspecified atom stereocenters. The molecule has 4 rings (SSSR count). The van der Waals surface area contributed by atoms with Gasteiger partial charge in [-0.1, -0.05) is 25.1 Å². The first-order chi connectivity index (χ1) is 15.4. The molecule has 1 atom stereocenters. The zero-order valence-corrected chi connectivity index (χ0v) is 19.3. The summed E-state index contributed by atoms with van der Waals surface area (Å²) in [5.41, 5.74) is 2.69. The minimum atomic E-state index is -3.07. The van der Waals surface area contributed by atoms with Gasteiger partial charge in [-0.15, -0.1) is 0 Å². The standard InChI is InChI=1S/C23H30N4O4S/c1-2-19-16-18(24-27(19)20-8-4-3-5-9-20)17-22(28)21-10-6-7-11-26(21)23(29)25-12-14-32(30,31)15-13-25/h3-5,8-9,16,21H,2,6-7,10-15,17H2,1H3/t21-/m0/s1. The van der Waals surface area contributed by atoms with Crippen LogP contribution in [-0.2, 0) is 27.5 Å². The highest BCUT2D eigenvalue weighted by molar-refractivity contribution is 7.91. The molecule has 0 aliphatic carbocycles. The van der Waals surface area contributed by atoms with Gasteiger partial charge < -0.3 is 9.80 Å². The first-order valence-corrected chi connectivity index (χ1v) is 13.1. The Hall–Kier alpha value is -2.68. The molecule has 3 heterocycles. The van der Waals surface area contributed by atoms with Gasteiger partial charge in [0.2, 0.25) is 0 Å². The van der Waals surface area contributed by atoms with Crippen LogP contribution in [0.3, 0.4) is 0 Å². The largest absolute Gasteiger partial charge is 0.323 e. The number of sulfone groups is 1. The molecule has 1 aromatic heterocycles. The number of rotatable bonds is 5. The molecule has 2 aliphatic heterocycles. The monoisotopic (exact) mass is 458 g/mol. The third kappa shape index (κ3) is 4.87. The summed E-state index contributed by atoms with van der Waals surface area (Å²) in [6.45, 7) is 2.97. The van der Waals surface area contributed by atoms with Gasteiger partial charge in [-0.2, -0.15) is 5.10 Å². The average molecular weight is 459 g/mol. The molecule has 2 aromatic rings. The maximum Gasteiger partial charge on any atom is 0.320 e. The maximum atomic E-state index is 13.3. The molecular formula is C23H30N4O4S. The Morgan fingerprint density at radius 2 is 1.78 bits per heavy atom. The Balaban J connectivity index is 1.48. The van der Waals surface area contributed by atoms with E-state index in [1.807, 2.05) is 41.1 Å². The summed E-state index contributed by atoms with van der Waals surface area (Å²) >= 11 is 0. The van der Waals surface area contributed by atoms with Gasteiger partial charge in [-0.05, 0) is 43.9 Å². The smallest absolute Gasteiger partial charge is 0.320 e. The lowest BCUT2D eigenvalue weighted by Gasteiger charge is -2.39. The fourth-order valence-electron chi connectivity index (χ4n) is 4.48. The van der Waals surface area contributed by atoms with E-state index >= 15 is 0 Å². The van der Waals surface area contributed by atoms with Gasteiger partial charge in [0.25, 0.3) is 0 Å². The SMILES string of the molecule is CCc1cc(CC(=O)[C@@H]2CCCCN2C(=O)N2CCS(=O)(=O)CC2)nn1-c1ccccc1. The molecule has 172 valence electrons. The molecule has 9 heteroatoms. The lowest BCUT2D eigenvalue weighted by molar-refractivity contribution is -0.123. The van der Waals surface area contributed by atoms with Crippen LogP contribution >= 0.6 is 0 Å². The zero-order valence-electron chi connectivity index (χ0n) is 18.4. The number of carbonyl (C=O) groups is 2. The van der Waals surface area contributed by atoms with Crippen LogP contribution in [0.4, 0.5) is 4.79 Å². The fraction of sp³-hybridized carbons (Fsp3) is 0.522. The summed E-state index contributed by atoms with van der Waals surface area (Å²) in [7, 11) is -3.07. The van der Waals surface area contributed by atoms with Crippen LogP contribution in [0.1, 0.15) is 37.6 Å². The Bertz CT molecular complexity index is 1070. The molecule has 1 aromatic carbocycles. The van der Waals surface area contributed by atoms with Crippen molar-refractivity contribution in [1.82, 2.24) is 19.6 Å². The molecule has 32 heavy (non-hydrogen) atoms. The van der Waals surface area contributed by atoms with Crippen molar-refractivity contribution in [2.45, 2.75) is 45.1 Å². The molecule has 2 amide bonds. The van der Waals surface area contributed by atoms with Crippen molar-refractivity contribution in [3.63, 3.8) is 0 Å². The van der Waals surface area contributed by atoms with E-state index in [0.29, 0.717) is 18.7 Å². The Labute approximate surface area is 189 Å². The van der Waals surface area contributed by atoms with Crippen molar-refractivity contribution in [2.24, 2.45) is 0 Å². The fourth-order valence-corrected chi connectivity index (χ4v) is 5.68. The van der Waals surface area contributed by atoms with E-state index in [2.05, 4.69) is 12.0 Å². The Morgan fingerprint density at radius 3 is 2.47 bits per heavy atom. The van der Waals surface area contributed by atoms with Gasteiger partial charge in [0.15, 0.2) is 15.6 Å². The van der Waals surface area contributed by atoms with E-state index in [0.717, 1.165) is 30.6 Å². The number of Topliss-reactive ketones (excluding diaryl/α,β-unsaturated/α-hetero) is 1. The van der Waals surface area contributed by atoms with Crippen molar-refractivity contribution in [3.8, 4) is 5.69 Å². The molecule has 0 bridgehead atoms. The van der Waals surface area contributed by atoms with Crippen LogP contribution < -0.4 is 0 Å². The van der Waals surface area contributed by atoms with E-state index in [1.165, 1.54) is 0 Å². The predicted octanol–water partition coefficient (Wildman–Crippen LogP) is 2.25. The highest BCUT2D eigenvalue weighted by atomic mass is 32.2. The molecule has 0 radical (unpaired) electrons. The summed E-state index contributed by atoms with van der Waals surface area (Å²) in [6.07, 6.45) is 3.35. The van der Waals surface area contributed by atoms with Crippen LogP contribution in [0.25, 0.3) is 5.69 Å². The van der Waals surface area contributed by atoms with Gasteiger partial charge >= 0.3 is 6.03 Å². The molecule has 2 fully saturated rings. The number of hydrogen-bond donors (Lipinski definition) is 0. The number of hydrogen-bond acceptors (Lipinski definition) is 5. The van der Waals surface area contributed by atoms with Gasteiger partial charge in [0, 0.05) is 25.3 Å². The van der Waals surface area contributed by atoms with Crippen LogP contribution in [0.2, 0.25) is 0 Å². The molecule has 8 nitrogen and oxygen atoms in total. The molecule has 0 N–H and O–H groups in total. The molecule has 2 aliphatic rings. The second-order valence-corrected chi connectivity index (χ2v) is 10.8. The minimum absolute atomic E-state index is 0.0111. The third-order valence-corrected chi connectivity index (χ3v) is 7.90. The van der Waals surface area contributed by atoms with Crippen molar-refractivity contribution >= 4 is 21.7 Å². The number of amides is 2. The van der Waals surface area contributed by atoms with Crippen molar-refractivity contribution < 1.29 is 18.0 Å². The first-order valence-electron chi connectivity index (χ1n) is 11.3. The quantitative estimate of drug-likeness (QED) is 0.685. The van der Waals surface area contributed by atoms with E-state index < -0.39 is 15.9 Å². The van der Waals surface area contributed by atoms with E-state index in [4.69, 9.17) is 0 Å². The topological polar surface area (TPSA) is 92.6 Å². The number of likely N-dealkylation sites (tertiary alicyclic amines) is 1. The number of benzene rings is 1. The Kier molecular flexibility index (Phi) is 6.64. The number of piperidine rings is 1. The summed E-state index contributed by atoms with van der Waals surface area (Å²) in [4.78, 5) is 29.6. The van der Waals surface area contributed by atoms with Crippen LogP contribution in [-0.4, -0.2) is 77.0 Å². The number of urea groups is 1. The lowest BCUT2D eigenvalue weighted by Crippen LogP contribution is -2.56. The summed E-state index contributed by atoms with van der Waals surface area (Å²) in [5, 5.41) is 4.68. The summed E-state index contributed by atoms with van der Waals surface area (Å²) < 4.78 is 25.3. The third-order valence-electron chi connectivity index (χ3n) is 6.29. The van der Waals surface area contributed by atoms with Crippen LogP contribution in [0, 0.1) is 0 Å². The Morgan fingerprint density at radius 1 is 1.06 bits per heavy atom. The number of ketones is 1. The highest BCUT2D eigenvalue weighted by Crippen LogP contribution is 2.22. The first kappa shape index (κ1) is 22.5. The summed E-state index contributed by atoms with van der Waals surface area (Å²) in [6, 6.07) is 11.1. The minimum Gasteiger partial charge on any atom is -0.323 e. The van der Waals surface area contributed by atoms with E-state index in [-0.39, 0.29) is 42.8 Å². The maximum absolute atomic E-state index is 13.3. The van der Waals surface area contributed by atoms with Crippen LogP contribution in [0.15, 0.2) is 36.4 Å². The second kappa shape index (κ2) is 9.44. The lowest BCUT2D eigenvalue weighted by atomic mass is 9.96. The average Bonchev–Trinajstić information content (AvgIpc) is 3.22. The molecule has 2 saturated heterocycles. The van der Waals surface area contributed by atoms with E-state index in [1.54, 1.807) is 9.80 Å². The van der Waals surface area contributed by atoms with Crippen LogP contribution in [0.5, 0.6) is 0 Å². The van der Waals surface area contributed by atoms with Gasteiger partial charge in [0.1, 0.15) is 0 Å². The molecule has 0 spiro atoms. The zero-order chi connectivity index (χ0) is 22.7. The van der Waals surface area contributed by atoms with Gasteiger partial charge in [-0.25, -0.2) is 17.9 Å². The van der Waals surface area contributed by atoms with Gasteiger partial charge in [0.05, 0.1) is 35.3 Å². The van der Waals surface area contributed by atoms with Crippen molar-refractivity contribution in [2.75, 3.05) is 31.1 Å². The van der Waals surface area contributed by atoms with Crippen molar-refractivity contribution in [3.05, 3.63) is 47.8 Å². The number of para-hydroxylation sites is 1. The normalized spacial score (nSPS) is 20.8. The summed E-state index contributed by atoms with van der Waals surface area (Å²) in [5.74, 6) is -0.0351. The van der Waals surface area contributed by atoms with Crippen molar-refractivity contribution in [1.29, 1.82) is 0 Å². The predicted molar refractivity (Wildman–Crippen MR) is 122 cm³/mol. The second-order valence-electron chi connectivity index (χ2n) is 8.50. The molecule has 0 saturated carbocycles. The number of aromatic nitrogens is 2.